The fourth-order valence-electron chi connectivity index (χ4n) is 3.24. The third kappa shape index (κ3) is 5.83. The molecule has 0 aliphatic heterocycles. The number of nitrogens with one attached hydrogen (secondary N) is 2. The van der Waals surface area contributed by atoms with E-state index in [1.54, 1.807) is 31.3 Å². The number of benzene rings is 3. The number of carbonyl (C=O) groups excluding carboxylic acids is 2. The lowest BCUT2D eigenvalue weighted by Crippen LogP contribution is -2.29. The predicted octanol–water partition coefficient (Wildman–Crippen LogP) is 3.46. The van der Waals surface area contributed by atoms with Crippen LogP contribution in [-0.4, -0.2) is 37.8 Å². The van der Waals surface area contributed by atoms with Crippen molar-refractivity contribution in [2.75, 3.05) is 11.1 Å². The molecule has 0 aliphatic rings. The molecule has 0 radical (unpaired) electrons. The Labute approximate surface area is 195 Å². The maximum atomic E-state index is 13.0. The van der Waals surface area contributed by atoms with E-state index in [-0.39, 0.29) is 23.6 Å². The lowest BCUT2D eigenvalue weighted by Gasteiger charge is -2.20. The van der Waals surface area contributed by atoms with Crippen molar-refractivity contribution in [3.8, 4) is 0 Å². The highest BCUT2D eigenvalue weighted by Crippen LogP contribution is 2.22. The normalized spacial score (nSPS) is 10.7. The van der Waals surface area contributed by atoms with E-state index in [9.17, 15) is 9.59 Å². The second-order valence-electron chi connectivity index (χ2n) is 7.23. The Kier molecular flexibility index (Phi) is 7.11. The second-order valence-corrected chi connectivity index (χ2v) is 8.17. The van der Waals surface area contributed by atoms with E-state index in [4.69, 9.17) is 0 Å². The lowest BCUT2D eigenvalue weighted by molar-refractivity contribution is -0.113. The summed E-state index contributed by atoms with van der Waals surface area (Å²) in [6.45, 7) is 0. The number of hydrogen-bond acceptors (Lipinski definition) is 6. The number of nitrogens with zero attached hydrogens (tertiary/aromatic N) is 4. The van der Waals surface area contributed by atoms with E-state index in [2.05, 4.69) is 26.2 Å². The molecule has 8 nitrogen and oxygen atoms in total. The van der Waals surface area contributed by atoms with Gasteiger partial charge in [0.05, 0.1) is 11.8 Å². The number of anilines is 1. The fraction of sp³-hybridized carbons (Fsp3) is 0.125. The zero-order valence-corrected chi connectivity index (χ0v) is 18.7. The number of hydrogen-bond donors (Lipinski definition) is 2. The largest absolute Gasteiger partial charge is 0.341 e. The standard InChI is InChI=1S/C24H22N6O2S/c1-30-24(27-28-29-30)33-16-21(31)25-20-14-12-19(13-15-20)23(32)26-22(17-8-4-2-5-9-17)18-10-6-3-7-11-18/h2-15,22H,16H2,1H3,(H,25,31)(H,26,32). The number of thioether (sulfide) groups is 1. The van der Waals surface area contributed by atoms with Crippen molar-refractivity contribution >= 4 is 29.3 Å². The van der Waals surface area contributed by atoms with Crippen molar-refractivity contribution in [1.29, 1.82) is 0 Å². The number of aryl methyl sites for hydroxylation is 1. The van der Waals surface area contributed by atoms with Crippen LogP contribution in [-0.2, 0) is 11.8 Å². The van der Waals surface area contributed by atoms with Gasteiger partial charge in [-0.1, -0.05) is 72.4 Å². The van der Waals surface area contributed by atoms with Crippen LogP contribution in [0.15, 0.2) is 90.1 Å². The summed E-state index contributed by atoms with van der Waals surface area (Å²) in [4.78, 5) is 25.2. The quantitative estimate of drug-likeness (QED) is 0.392. The molecule has 4 rings (SSSR count). The third-order valence-electron chi connectivity index (χ3n) is 4.89. The Morgan fingerprint density at radius 2 is 1.52 bits per heavy atom. The molecule has 4 aromatic rings. The van der Waals surface area contributed by atoms with Crippen LogP contribution in [0.4, 0.5) is 5.69 Å². The van der Waals surface area contributed by atoms with Gasteiger partial charge in [-0.2, -0.15) is 0 Å². The van der Waals surface area contributed by atoms with Gasteiger partial charge in [-0.3, -0.25) is 9.59 Å². The van der Waals surface area contributed by atoms with E-state index >= 15 is 0 Å². The summed E-state index contributed by atoms with van der Waals surface area (Å²) >= 11 is 1.24. The van der Waals surface area contributed by atoms with E-state index in [1.165, 1.54) is 16.4 Å². The van der Waals surface area contributed by atoms with Crippen LogP contribution in [0.2, 0.25) is 0 Å². The average molecular weight is 459 g/mol. The molecule has 2 N–H and O–H groups in total. The summed E-state index contributed by atoms with van der Waals surface area (Å²) < 4.78 is 1.50. The summed E-state index contributed by atoms with van der Waals surface area (Å²) in [6, 6.07) is 26.2. The molecule has 0 atom stereocenters. The van der Waals surface area contributed by atoms with Crippen molar-refractivity contribution < 1.29 is 9.59 Å². The molecule has 1 heterocycles. The third-order valence-corrected chi connectivity index (χ3v) is 5.90. The zero-order chi connectivity index (χ0) is 23.0. The molecule has 0 bridgehead atoms. The molecule has 2 amide bonds. The Morgan fingerprint density at radius 3 is 2.06 bits per heavy atom. The number of rotatable bonds is 8. The van der Waals surface area contributed by atoms with Crippen LogP contribution in [0.3, 0.4) is 0 Å². The maximum Gasteiger partial charge on any atom is 0.252 e. The first-order valence-electron chi connectivity index (χ1n) is 10.3. The van der Waals surface area contributed by atoms with Crippen molar-refractivity contribution in [3.05, 3.63) is 102 Å². The molecule has 3 aromatic carbocycles. The fourth-order valence-corrected chi connectivity index (χ4v) is 3.89. The Hall–Kier alpha value is -3.98. The van der Waals surface area contributed by atoms with Crippen molar-refractivity contribution in [2.45, 2.75) is 11.2 Å². The van der Waals surface area contributed by atoms with Gasteiger partial charge < -0.3 is 10.6 Å². The molecule has 33 heavy (non-hydrogen) atoms. The van der Waals surface area contributed by atoms with Crippen LogP contribution in [0, 0.1) is 0 Å². The average Bonchev–Trinajstić information content (AvgIpc) is 3.27. The molecule has 0 saturated heterocycles. The molecule has 1 aromatic heterocycles. The maximum absolute atomic E-state index is 13.0. The number of carbonyl (C=O) groups is 2. The molecule has 0 spiro atoms. The molecular formula is C24H22N6O2S. The van der Waals surface area contributed by atoms with Gasteiger partial charge in [0.2, 0.25) is 11.1 Å². The monoisotopic (exact) mass is 458 g/mol. The van der Waals surface area contributed by atoms with E-state index in [1.807, 2.05) is 60.7 Å². The van der Waals surface area contributed by atoms with Crippen LogP contribution in [0.5, 0.6) is 0 Å². The highest BCUT2D eigenvalue weighted by molar-refractivity contribution is 7.99. The van der Waals surface area contributed by atoms with Crippen LogP contribution in [0.1, 0.15) is 27.5 Å². The Morgan fingerprint density at radius 1 is 0.909 bits per heavy atom. The molecule has 0 aliphatic carbocycles. The molecule has 166 valence electrons. The molecule has 9 heteroatoms. The number of amides is 2. The second kappa shape index (κ2) is 10.6. The van der Waals surface area contributed by atoms with Crippen LogP contribution < -0.4 is 10.6 Å². The first kappa shape index (κ1) is 22.2. The first-order chi connectivity index (χ1) is 16.1. The number of aromatic nitrogens is 4. The predicted molar refractivity (Wildman–Crippen MR) is 127 cm³/mol. The smallest absolute Gasteiger partial charge is 0.252 e. The SMILES string of the molecule is Cn1nnnc1SCC(=O)Nc1ccc(C(=O)NC(c2ccccc2)c2ccccc2)cc1. The van der Waals surface area contributed by atoms with Gasteiger partial charge in [0.1, 0.15) is 0 Å². The highest BCUT2D eigenvalue weighted by Gasteiger charge is 2.17. The Bertz CT molecular complexity index is 1170. The molecule has 0 saturated carbocycles. The first-order valence-corrected chi connectivity index (χ1v) is 11.2. The summed E-state index contributed by atoms with van der Waals surface area (Å²) in [5.41, 5.74) is 3.10. The van der Waals surface area contributed by atoms with E-state index in [0.717, 1.165) is 11.1 Å². The lowest BCUT2D eigenvalue weighted by atomic mass is 9.98. The van der Waals surface area contributed by atoms with Crippen molar-refractivity contribution in [2.24, 2.45) is 7.05 Å². The van der Waals surface area contributed by atoms with Gasteiger partial charge in [0, 0.05) is 18.3 Å². The highest BCUT2D eigenvalue weighted by atomic mass is 32.2. The van der Waals surface area contributed by atoms with Gasteiger partial charge in [0.15, 0.2) is 0 Å². The summed E-state index contributed by atoms with van der Waals surface area (Å²) in [7, 11) is 1.71. The van der Waals surface area contributed by atoms with Crippen LogP contribution >= 0.6 is 11.8 Å². The minimum atomic E-state index is -0.272. The van der Waals surface area contributed by atoms with Crippen molar-refractivity contribution in [3.63, 3.8) is 0 Å². The molecule has 0 unspecified atom stereocenters. The minimum Gasteiger partial charge on any atom is -0.341 e. The zero-order valence-electron chi connectivity index (χ0n) is 17.9. The van der Waals surface area contributed by atoms with E-state index in [0.29, 0.717) is 16.4 Å². The molecule has 0 fully saturated rings. The van der Waals surface area contributed by atoms with Gasteiger partial charge in [-0.15, -0.1) is 5.10 Å². The van der Waals surface area contributed by atoms with E-state index < -0.39 is 0 Å². The minimum absolute atomic E-state index is 0.173. The van der Waals surface area contributed by atoms with Crippen molar-refractivity contribution in [1.82, 2.24) is 25.5 Å². The van der Waals surface area contributed by atoms with Gasteiger partial charge >= 0.3 is 0 Å². The molecular weight excluding hydrogens is 436 g/mol. The van der Waals surface area contributed by atoms with Gasteiger partial charge in [-0.05, 0) is 45.8 Å². The Balaban J connectivity index is 1.40. The summed E-state index contributed by atoms with van der Waals surface area (Å²) in [6.07, 6.45) is 0. The van der Waals surface area contributed by atoms with Gasteiger partial charge in [-0.25, -0.2) is 4.68 Å². The van der Waals surface area contributed by atoms with Crippen LogP contribution in [0.25, 0.3) is 0 Å². The van der Waals surface area contributed by atoms with Gasteiger partial charge in [0.25, 0.3) is 5.91 Å². The summed E-state index contributed by atoms with van der Waals surface area (Å²) in [5, 5.41) is 17.6. The topological polar surface area (TPSA) is 102 Å². The number of tetrazole rings is 1. The summed E-state index contributed by atoms with van der Waals surface area (Å²) in [5.74, 6) is -0.212.